The molecule has 7 heteroatoms. The number of fused-ring (bicyclic) bond motifs is 2. The van der Waals surface area contributed by atoms with Crippen LogP contribution in [0.2, 0.25) is 0 Å². The van der Waals surface area contributed by atoms with Gasteiger partial charge in [0.25, 0.3) is 0 Å². The third-order valence-corrected chi connectivity index (χ3v) is 5.82. The summed E-state index contributed by atoms with van der Waals surface area (Å²) < 4.78 is 8.00. The fraction of sp³-hybridized carbons (Fsp3) is 0.280. The maximum atomic E-state index is 10.9. The number of unbranched alkanes of at least 4 members (excludes halogenated alkanes) is 1. The summed E-state index contributed by atoms with van der Waals surface area (Å²) in [5.74, 6) is 0.496. The van der Waals surface area contributed by atoms with Crippen molar-refractivity contribution in [2.24, 2.45) is 5.73 Å². The van der Waals surface area contributed by atoms with Crippen molar-refractivity contribution in [3.63, 3.8) is 0 Å². The summed E-state index contributed by atoms with van der Waals surface area (Å²) in [5, 5.41) is 5.97. The quantitative estimate of drug-likeness (QED) is 0.426. The maximum Gasteiger partial charge on any atom is 0.217 e. The SMILES string of the molecule is NC(=O)CCCCOc1ccc2c(-c3c(-c4ccccn4)nn4c3CCC4)ccnc2c1. The highest BCUT2D eigenvalue weighted by Gasteiger charge is 2.25. The molecule has 32 heavy (non-hydrogen) atoms. The van der Waals surface area contributed by atoms with Crippen molar-refractivity contribution in [1.29, 1.82) is 0 Å². The highest BCUT2D eigenvalue weighted by molar-refractivity contribution is 5.99. The Morgan fingerprint density at radius 1 is 1.09 bits per heavy atom. The second-order valence-corrected chi connectivity index (χ2v) is 8.02. The summed E-state index contributed by atoms with van der Waals surface area (Å²) in [6.45, 7) is 1.48. The monoisotopic (exact) mass is 427 g/mol. The van der Waals surface area contributed by atoms with Crippen LogP contribution in [0.4, 0.5) is 0 Å². The zero-order valence-corrected chi connectivity index (χ0v) is 17.8. The first kappa shape index (κ1) is 20.2. The standard InChI is InChI=1S/C25H25N5O2/c26-23(31)8-2-4-15-32-17-9-10-18-19(11-13-28-21(18)16-17)24-22-7-5-14-30(22)29-25(24)20-6-1-3-12-27-20/h1,3,6,9-13,16H,2,4-5,7-8,14-15H2,(H2,26,31). The molecule has 0 radical (unpaired) electrons. The van der Waals surface area contributed by atoms with Crippen molar-refractivity contribution >= 4 is 16.8 Å². The van der Waals surface area contributed by atoms with Gasteiger partial charge in [0, 0.05) is 48.1 Å². The van der Waals surface area contributed by atoms with Crippen LogP contribution in [-0.4, -0.2) is 32.3 Å². The molecule has 0 atom stereocenters. The second kappa shape index (κ2) is 8.78. The average molecular weight is 428 g/mol. The third-order valence-electron chi connectivity index (χ3n) is 5.82. The van der Waals surface area contributed by atoms with E-state index in [-0.39, 0.29) is 5.91 Å². The summed E-state index contributed by atoms with van der Waals surface area (Å²) in [6.07, 6.45) is 7.66. The summed E-state index contributed by atoms with van der Waals surface area (Å²) in [5.41, 5.74) is 11.4. The van der Waals surface area contributed by atoms with E-state index < -0.39 is 0 Å². The lowest BCUT2D eigenvalue weighted by Crippen LogP contribution is -2.10. The summed E-state index contributed by atoms with van der Waals surface area (Å²) in [4.78, 5) is 20.0. The third kappa shape index (κ3) is 3.93. The van der Waals surface area contributed by atoms with Crippen molar-refractivity contribution < 1.29 is 9.53 Å². The molecule has 0 saturated carbocycles. The number of rotatable bonds is 8. The van der Waals surface area contributed by atoms with Gasteiger partial charge in [-0.05, 0) is 61.6 Å². The van der Waals surface area contributed by atoms with Crippen LogP contribution < -0.4 is 10.5 Å². The van der Waals surface area contributed by atoms with E-state index in [0.717, 1.165) is 71.4 Å². The van der Waals surface area contributed by atoms with Crippen LogP contribution in [0.1, 0.15) is 31.4 Å². The molecule has 0 aliphatic carbocycles. The second-order valence-electron chi connectivity index (χ2n) is 8.02. The predicted molar refractivity (Wildman–Crippen MR) is 123 cm³/mol. The number of primary amides is 1. The molecule has 5 rings (SSSR count). The van der Waals surface area contributed by atoms with Gasteiger partial charge in [-0.25, -0.2) is 0 Å². The number of nitrogens with zero attached hydrogens (tertiary/aromatic N) is 4. The zero-order chi connectivity index (χ0) is 21.9. The van der Waals surface area contributed by atoms with E-state index in [1.54, 1.807) is 6.20 Å². The van der Waals surface area contributed by atoms with Gasteiger partial charge >= 0.3 is 0 Å². The van der Waals surface area contributed by atoms with Gasteiger partial charge in [-0.1, -0.05) is 6.07 Å². The van der Waals surface area contributed by atoms with Gasteiger partial charge in [0.2, 0.25) is 5.91 Å². The Labute approximate surface area is 186 Å². The number of aryl methyl sites for hydroxylation is 1. The Bertz CT molecular complexity index is 1270. The number of amides is 1. The van der Waals surface area contributed by atoms with Crippen molar-refractivity contribution in [3.8, 4) is 28.3 Å². The summed E-state index contributed by atoms with van der Waals surface area (Å²) in [6, 6.07) is 14.0. The number of pyridine rings is 2. The van der Waals surface area contributed by atoms with Gasteiger partial charge in [-0.3, -0.25) is 19.4 Å². The molecule has 0 unspecified atom stereocenters. The predicted octanol–water partition coefficient (Wildman–Crippen LogP) is 4.14. The van der Waals surface area contributed by atoms with Crippen molar-refractivity contribution in [2.75, 3.05) is 6.61 Å². The summed E-state index contributed by atoms with van der Waals surface area (Å²) in [7, 11) is 0. The number of carbonyl (C=O) groups is 1. The molecule has 162 valence electrons. The number of ether oxygens (including phenoxy) is 1. The Balaban J connectivity index is 1.49. The van der Waals surface area contributed by atoms with Gasteiger partial charge in [-0.2, -0.15) is 5.10 Å². The van der Waals surface area contributed by atoms with Crippen molar-refractivity contribution in [3.05, 3.63) is 60.6 Å². The molecular formula is C25H25N5O2. The first-order valence-corrected chi connectivity index (χ1v) is 11.0. The van der Waals surface area contributed by atoms with Crippen molar-refractivity contribution in [1.82, 2.24) is 19.7 Å². The molecule has 0 saturated heterocycles. The van der Waals surface area contributed by atoms with Crippen LogP contribution in [0.3, 0.4) is 0 Å². The molecule has 1 aromatic carbocycles. The smallest absolute Gasteiger partial charge is 0.217 e. The molecular weight excluding hydrogens is 402 g/mol. The Morgan fingerprint density at radius 2 is 2.03 bits per heavy atom. The Kier molecular flexibility index (Phi) is 5.54. The first-order valence-electron chi connectivity index (χ1n) is 11.0. The van der Waals surface area contributed by atoms with Crippen LogP contribution in [0.25, 0.3) is 33.4 Å². The molecule has 0 fully saturated rings. The van der Waals surface area contributed by atoms with Gasteiger partial charge in [0.1, 0.15) is 11.4 Å². The van der Waals surface area contributed by atoms with Gasteiger partial charge in [0.15, 0.2) is 0 Å². The minimum atomic E-state index is -0.274. The van der Waals surface area contributed by atoms with Gasteiger partial charge in [-0.15, -0.1) is 0 Å². The van der Waals surface area contributed by atoms with E-state index in [2.05, 4.69) is 26.8 Å². The minimum Gasteiger partial charge on any atom is -0.494 e. The van der Waals surface area contributed by atoms with Crippen LogP contribution in [-0.2, 0) is 17.8 Å². The number of carbonyl (C=O) groups excluding carboxylic acids is 1. The normalized spacial score (nSPS) is 12.8. The summed E-state index contributed by atoms with van der Waals surface area (Å²) >= 11 is 0. The fourth-order valence-electron chi connectivity index (χ4n) is 4.32. The van der Waals surface area contributed by atoms with Crippen molar-refractivity contribution in [2.45, 2.75) is 38.6 Å². The molecule has 1 aliphatic heterocycles. The van der Waals surface area contributed by atoms with Crippen LogP contribution in [0.15, 0.2) is 54.9 Å². The van der Waals surface area contributed by atoms with E-state index in [0.29, 0.717) is 13.0 Å². The van der Waals surface area contributed by atoms with E-state index >= 15 is 0 Å². The van der Waals surface area contributed by atoms with Crippen LogP contribution in [0.5, 0.6) is 5.75 Å². The maximum absolute atomic E-state index is 10.9. The molecule has 3 aromatic heterocycles. The number of nitrogens with two attached hydrogens (primary N) is 1. The number of hydrogen-bond donors (Lipinski definition) is 1. The van der Waals surface area contributed by atoms with E-state index in [4.69, 9.17) is 15.6 Å². The molecule has 4 aromatic rings. The Hall–Kier alpha value is -3.74. The largest absolute Gasteiger partial charge is 0.494 e. The molecule has 4 heterocycles. The van der Waals surface area contributed by atoms with Crippen LogP contribution >= 0.6 is 0 Å². The lowest BCUT2D eigenvalue weighted by Gasteiger charge is -2.11. The van der Waals surface area contributed by atoms with E-state index in [9.17, 15) is 4.79 Å². The van der Waals surface area contributed by atoms with Gasteiger partial charge in [0.05, 0.1) is 17.8 Å². The molecule has 1 amide bonds. The molecule has 0 bridgehead atoms. The lowest BCUT2D eigenvalue weighted by atomic mass is 9.96. The molecule has 1 aliphatic rings. The molecule has 2 N–H and O–H groups in total. The van der Waals surface area contributed by atoms with Crippen LogP contribution in [0, 0.1) is 0 Å². The first-order chi connectivity index (χ1) is 15.7. The number of benzene rings is 1. The molecule has 7 nitrogen and oxygen atoms in total. The highest BCUT2D eigenvalue weighted by atomic mass is 16.5. The highest BCUT2D eigenvalue weighted by Crippen LogP contribution is 2.40. The number of hydrogen-bond acceptors (Lipinski definition) is 5. The Morgan fingerprint density at radius 3 is 2.88 bits per heavy atom. The zero-order valence-electron chi connectivity index (χ0n) is 17.8. The van der Waals surface area contributed by atoms with Gasteiger partial charge < -0.3 is 10.5 Å². The van der Waals surface area contributed by atoms with E-state index in [1.807, 2.05) is 36.5 Å². The lowest BCUT2D eigenvalue weighted by molar-refractivity contribution is -0.118. The number of aromatic nitrogens is 4. The van der Waals surface area contributed by atoms with E-state index in [1.165, 1.54) is 5.69 Å². The topological polar surface area (TPSA) is 95.9 Å². The molecule has 0 spiro atoms. The fourth-order valence-corrected chi connectivity index (χ4v) is 4.32. The minimum absolute atomic E-state index is 0.274. The average Bonchev–Trinajstić information content (AvgIpc) is 3.40.